The molecule has 0 radical (unpaired) electrons. The Kier molecular flexibility index (Phi) is 3.91. The van der Waals surface area contributed by atoms with Crippen molar-refractivity contribution >= 4 is 5.95 Å². The number of nitrogen functional groups attached to an aromatic ring is 1. The normalized spacial score (nSPS) is 12.5. The molecule has 19 heavy (non-hydrogen) atoms. The first-order valence-electron chi connectivity index (χ1n) is 5.98. The Morgan fingerprint density at radius 3 is 2.63 bits per heavy atom. The summed E-state index contributed by atoms with van der Waals surface area (Å²) in [7, 11) is 0. The Morgan fingerprint density at radius 1 is 1.26 bits per heavy atom. The molecule has 2 aromatic heterocycles. The van der Waals surface area contributed by atoms with Crippen molar-refractivity contribution in [1.82, 2.24) is 24.5 Å². The molecule has 0 saturated heterocycles. The summed E-state index contributed by atoms with van der Waals surface area (Å²) < 4.78 is 7.31. The summed E-state index contributed by atoms with van der Waals surface area (Å²) >= 11 is 0. The summed E-state index contributed by atoms with van der Waals surface area (Å²) in [5.74, 6) is 6.33. The first-order valence-corrected chi connectivity index (χ1v) is 5.98. The van der Waals surface area contributed by atoms with E-state index < -0.39 is 0 Å². The smallest absolute Gasteiger partial charge is 0.323 e. The second kappa shape index (κ2) is 5.61. The maximum absolute atomic E-state index is 5.67. The maximum atomic E-state index is 5.67. The molecule has 102 valence electrons. The number of nitrogens with two attached hydrogens (primary N) is 1. The highest BCUT2D eigenvalue weighted by Crippen LogP contribution is 2.14. The average Bonchev–Trinajstić information content (AvgIpc) is 2.92. The van der Waals surface area contributed by atoms with Crippen molar-refractivity contribution in [2.75, 3.05) is 5.43 Å². The van der Waals surface area contributed by atoms with Crippen LogP contribution in [-0.2, 0) is 0 Å². The summed E-state index contributed by atoms with van der Waals surface area (Å²) in [4.78, 5) is 16.4. The minimum atomic E-state index is -0.0105. The van der Waals surface area contributed by atoms with Gasteiger partial charge < -0.3 is 4.74 Å². The molecule has 0 aromatic carbocycles. The SMILES string of the molecule is CC(C)C(C)Oc1nc(NN)nc(-n2ccnc2)n1. The zero-order valence-corrected chi connectivity index (χ0v) is 11.1. The van der Waals surface area contributed by atoms with E-state index >= 15 is 0 Å². The van der Waals surface area contributed by atoms with E-state index in [2.05, 4.69) is 39.2 Å². The van der Waals surface area contributed by atoms with Gasteiger partial charge in [-0.25, -0.2) is 10.8 Å². The number of rotatable bonds is 5. The van der Waals surface area contributed by atoms with Gasteiger partial charge in [0.2, 0.25) is 11.9 Å². The third kappa shape index (κ3) is 3.16. The van der Waals surface area contributed by atoms with Crippen molar-refractivity contribution in [1.29, 1.82) is 0 Å². The molecule has 2 aromatic rings. The predicted molar refractivity (Wildman–Crippen MR) is 69.7 cm³/mol. The highest BCUT2D eigenvalue weighted by atomic mass is 16.5. The Bertz CT molecular complexity index is 526. The fraction of sp³-hybridized carbons (Fsp3) is 0.455. The van der Waals surface area contributed by atoms with Gasteiger partial charge in [0.15, 0.2) is 0 Å². The predicted octanol–water partition coefficient (Wildman–Crippen LogP) is 0.766. The van der Waals surface area contributed by atoms with Gasteiger partial charge in [-0.1, -0.05) is 13.8 Å². The van der Waals surface area contributed by atoms with Crippen molar-refractivity contribution in [2.24, 2.45) is 11.8 Å². The molecule has 3 N–H and O–H groups in total. The van der Waals surface area contributed by atoms with Crippen LogP contribution in [0.3, 0.4) is 0 Å². The Balaban J connectivity index is 2.31. The second-order valence-electron chi connectivity index (χ2n) is 4.42. The van der Waals surface area contributed by atoms with Crippen LogP contribution in [-0.4, -0.2) is 30.6 Å². The van der Waals surface area contributed by atoms with E-state index in [-0.39, 0.29) is 18.1 Å². The number of imidazole rings is 1. The van der Waals surface area contributed by atoms with E-state index in [9.17, 15) is 0 Å². The second-order valence-corrected chi connectivity index (χ2v) is 4.42. The highest BCUT2D eigenvalue weighted by molar-refractivity contribution is 5.28. The van der Waals surface area contributed by atoms with E-state index in [1.165, 1.54) is 0 Å². The van der Waals surface area contributed by atoms with Crippen LogP contribution in [0.1, 0.15) is 20.8 Å². The average molecular weight is 263 g/mol. The van der Waals surface area contributed by atoms with Crippen LogP contribution in [0, 0.1) is 5.92 Å². The van der Waals surface area contributed by atoms with Crippen molar-refractivity contribution in [3.63, 3.8) is 0 Å². The van der Waals surface area contributed by atoms with Crippen LogP contribution in [0.2, 0.25) is 0 Å². The third-order valence-electron chi connectivity index (χ3n) is 2.70. The number of ether oxygens (including phenoxy) is 1. The monoisotopic (exact) mass is 263 g/mol. The maximum Gasteiger partial charge on any atom is 0.323 e. The summed E-state index contributed by atoms with van der Waals surface area (Å²) in [5.41, 5.74) is 2.40. The van der Waals surface area contributed by atoms with Crippen molar-refractivity contribution in [3.05, 3.63) is 18.7 Å². The number of nitrogens with zero attached hydrogens (tertiary/aromatic N) is 5. The van der Waals surface area contributed by atoms with Crippen LogP contribution < -0.4 is 16.0 Å². The summed E-state index contributed by atoms with van der Waals surface area (Å²) in [6.45, 7) is 6.08. The molecular weight excluding hydrogens is 246 g/mol. The summed E-state index contributed by atoms with van der Waals surface area (Å²) in [5, 5.41) is 0. The first kappa shape index (κ1) is 13.2. The molecule has 0 aliphatic carbocycles. The van der Waals surface area contributed by atoms with Gasteiger partial charge in [-0.15, -0.1) is 0 Å². The number of nitrogens with one attached hydrogen (secondary N) is 1. The van der Waals surface area contributed by atoms with Gasteiger partial charge in [-0.05, 0) is 12.8 Å². The highest BCUT2D eigenvalue weighted by Gasteiger charge is 2.13. The lowest BCUT2D eigenvalue weighted by atomic mass is 10.1. The topological polar surface area (TPSA) is 104 Å². The minimum Gasteiger partial charge on any atom is -0.460 e. The molecule has 0 spiro atoms. The number of hydrogen-bond donors (Lipinski definition) is 2. The molecule has 8 heteroatoms. The van der Waals surface area contributed by atoms with E-state index in [0.29, 0.717) is 11.9 Å². The molecule has 0 amide bonds. The van der Waals surface area contributed by atoms with E-state index in [1.54, 1.807) is 23.3 Å². The molecule has 0 bridgehead atoms. The number of hydrogen-bond acceptors (Lipinski definition) is 7. The molecule has 0 fully saturated rings. The van der Waals surface area contributed by atoms with Crippen LogP contribution in [0.25, 0.3) is 5.95 Å². The summed E-state index contributed by atoms with van der Waals surface area (Å²) in [6.07, 6.45) is 4.94. The molecule has 8 nitrogen and oxygen atoms in total. The van der Waals surface area contributed by atoms with Gasteiger partial charge in [-0.3, -0.25) is 9.99 Å². The van der Waals surface area contributed by atoms with Gasteiger partial charge in [-0.2, -0.15) is 15.0 Å². The number of anilines is 1. The Morgan fingerprint density at radius 2 is 2.05 bits per heavy atom. The lowest BCUT2D eigenvalue weighted by Gasteiger charge is -2.17. The van der Waals surface area contributed by atoms with Gasteiger partial charge >= 0.3 is 6.01 Å². The molecule has 1 unspecified atom stereocenters. The largest absolute Gasteiger partial charge is 0.460 e. The van der Waals surface area contributed by atoms with Crippen LogP contribution in [0.15, 0.2) is 18.7 Å². The van der Waals surface area contributed by atoms with E-state index in [0.717, 1.165) is 0 Å². The van der Waals surface area contributed by atoms with Gasteiger partial charge in [0.05, 0.1) is 0 Å². The van der Waals surface area contributed by atoms with E-state index in [1.807, 2.05) is 6.92 Å². The zero-order chi connectivity index (χ0) is 13.8. The van der Waals surface area contributed by atoms with Gasteiger partial charge in [0, 0.05) is 12.4 Å². The number of hydrazine groups is 1. The number of aromatic nitrogens is 5. The quantitative estimate of drug-likeness (QED) is 0.606. The fourth-order valence-electron chi connectivity index (χ4n) is 1.26. The molecule has 2 rings (SSSR count). The first-order chi connectivity index (χ1) is 9.10. The van der Waals surface area contributed by atoms with Crippen LogP contribution in [0.4, 0.5) is 5.95 Å². The zero-order valence-electron chi connectivity index (χ0n) is 11.1. The van der Waals surface area contributed by atoms with Gasteiger partial charge in [0.25, 0.3) is 0 Å². The molecule has 0 aliphatic rings. The van der Waals surface area contributed by atoms with Crippen molar-refractivity contribution in [2.45, 2.75) is 26.9 Å². The third-order valence-corrected chi connectivity index (χ3v) is 2.70. The molecule has 0 aliphatic heterocycles. The van der Waals surface area contributed by atoms with Gasteiger partial charge in [0.1, 0.15) is 12.4 Å². The van der Waals surface area contributed by atoms with Crippen LogP contribution in [0.5, 0.6) is 6.01 Å². The van der Waals surface area contributed by atoms with Crippen LogP contribution >= 0.6 is 0 Å². The summed E-state index contributed by atoms with van der Waals surface area (Å²) in [6, 6.07) is 0.229. The standard InChI is InChI=1S/C11H17N7O/c1-7(2)8(3)19-11-15-9(17-12)14-10(16-11)18-5-4-13-6-18/h4-8H,12H2,1-3H3,(H,14,15,16,17). The fourth-order valence-corrected chi connectivity index (χ4v) is 1.26. The Labute approximate surface area is 111 Å². The van der Waals surface area contributed by atoms with Crippen molar-refractivity contribution in [3.8, 4) is 12.0 Å². The van der Waals surface area contributed by atoms with Crippen molar-refractivity contribution < 1.29 is 4.74 Å². The molecule has 1 atom stereocenters. The lowest BCUT2D eigenvalue weighted by Crippen LogP contribution is -2.21. The minimum absolute atomic E-state index is 0.0105. The lowest BCUT2D eigenvalue weighted by molar-refractivity contribution is 0.155. The molecule has 2 heterocycles. The Hall–Kier alpha value is -2.22. The molecule has 0 saturated carbocycles. The van der Waals surface area contributed by atoms with E-state index in [4.69, 9.17) is 10.6 Å². The molecular formula is C11H17N7O.